The SMILES string of the molecule is CC(O)C(=O)N1CCC(O)(CN)CC1. The number of nitrogens with two attached hydrogens (primary N) is 1. The molecule has 14 heavy (non-hydrogen) atoms. The standard InChI is InChI=1S/C9H18N2O3/c1-7(12)8(13)11-4-2-9(14,6-10)3-5-11/h7,12,14H,2-6,10H2,1H3. The van der Waals surface area contributed by atoms with Crippen LogP contribution in [0, 0.1) is 0 Å². The number of piperidine rings is 1. The van der Waals surface area contributed by atoms with Gasteiger partial charge in [0.05, 0.1) is 5.60 Å². The van der Waals surface area contributed by atoms with Crippen molar-refractivity contribution < 1.29 is 15.0 Å². The Balaban J connectivity index is 2.47. The Morgan fingerprint density at radius 1 is 1.57 bits per heavy atom. The molecular weight excluding hydrogens is 184 g/mol. The molecule has 1 fully saturated rings. The highest BCUT2D eigenvalue weighted by Crippen LogP contribution is 2.21. The van der Waals surface area contributed by atoms with Gasteiger partial charge < -0.3 is 20.8 Å². The first-order chi connectivity index (χ1) is 6.48. The number of carbonyl (C=O) groups excluding carboxylic acids is 1. The van der Waals surface area contributed by atoms with Gasteiger partial charge in [0, 0.05) is 19.6 Å². The van der Waals surface area contributed by atoms with E-state index in [2.05, 4.69) is 0 Å². The van der Waals surface area contributed by atoms with Crippen molar-refractivity contribution in [2.75, 3.05) is 19.6 Å². The van der Waals surface area contributed by atoms with E-state index < -0.39 is 11.7 Å². The number of hydrogen-bond acceptors (Lipinski definition) is 4. The molecule has 1 aliphatic heterocycles. The highest BCUT2D eigenvalue weighted by Gasteiger charge is 2.33. The summed E-state index contributed by atoms with van der Waals surface area (Å²) in [6, 6.07) is 0. The Kier molecular flexibility index (Phi) is 3.47. The van der Waals surface area contributed by atoms with E-state index in [-0.39, 0.29) is 12.5 Å². The smallest absolute Gasteiger partial charge is 0.251 e. The van der Waals surface area contributed by atoms with E-state index >= 15 is 0 Å². The van der Waals surface area contributed by atoms with Gasteiger partial charge >= 0.3 is 0 Å². The minimum atomic E-state index is -0.959. The summed E-state index contributed by atoms with van der Waals surface area (Å²) >= 11 is 0. The first-order valence-corrected chi connectivity index (χ1v) is 4.88. The predicted molar refractivity (Wildman–Crippen MR) is 51.5 cm³/mol. The van der Waals surface area contributed by atoms with Gasteiger partial charge in [-0.05, 0) is 19.8 Å². The van der Waals surface area contributed by atoms with Gasteiger partial charge in [-0.15, -0.1) is 0 Å². The van der Waals surface area contributed by atoms with Crippen molar-refractivity contribution in [2.24, 2.45) is 5.73 Å². The van der Waals surface area contributed by atoms with E-state index in [1.165, 1.54) is 6.92 Å². The second-order valence-electron chi connectivity index (χ2n) is 3.93. The summed E-state index contributed by atoms with van der Waals surface area (Å²) in [5.41, 5.74) is 4.59. The van der Waals surface area contributed by atoms with Crippen LogP contribution in [0.25, 0.3) is 0 Å². The van der Waals surface area contributed by atoms with Crippen molar-refractivity contribution >= 4 is 5.91 Å². The maximum Gasteiger partial charge on any atom is 0.251 e. The van der Waals surface area contributed by atoms with Gasteiger partial charge in [0.1, 0.15) is 6.10 Å². The molecule has 1 atom stereocenters. The van der Waals surface area contributed by atoms with Gasteiger partial charge in [-0.1, -0.05) is 0 Å². The molecule has 0 aromatic heterocycles. The lowest BCUT2D eigenvalue weighted by Crippen LogP contribution is -2.51. The average Bonchev–Trinajstić information content (AvgIpc) is 2.18. The van der Waals surface area contributed by atoms with Crippen molar-refractivity contribution in [2.45, 2.75) is 31.5 Å². The molecule has 0 aromatic carbocycles. The van der Waals surface area contributed by atoms with Gasteiger partial charge in [-0.25, -0.2) is 0 Å². The molecule has 0 spiro atoms. The number of aliphatic hydroxyl groups is 2. The highest BCUT2D eigenvalue weighted by molar-refractivity contribution is 5.80. The minimum absolute atomic E-state index is 0.226. The minimum Gasteiger partial charge on any atom is -0.388 e. The quantitative estimate of drug-likeness (QED) is 0.518. The molecule has 4 N–H and O–H groups in total. The number of amides is 1. The van der Waals surface area contributed by atoms with Crippen LogP contribution in [0.4, 0.5) is 0 Å². The fraction of sp³-hybridized carbons (Fsp3) is 0.889. The van der Waals surface area contributed by atoms with Crippen LogP contribution in [0.3, 0.4) is 0 Å². The molecule has 1 heterocycles. The van der Waals surface area contributed by atoms with Crippen molar-refractivity contribution in [1.29, 1.82) is 0 Å². The lowest BCUT2D eigenvalue weighted by Gasteiger charge is -2.37. The molecular formula is C9H18N2O3. The van der Waals surface area contributed by atoms with Gasteiger partial charge in [-0.3, -0.25) is 4.79 Å². The summed E-state index contributed by atoms with van der Waals surface area (Å²) in [5, 5.41) is 18.9. The van der Waals surface area contributed by atoms with Gasteiger partial charge in [-0.2, -0.15) is 0 Å². The molecule has 1 unspecified atom stereocenters. The maximum absolute atomic E-state index is 11.4. The zero-order valence-electron chi connectivity index (χ0n) is 8.44. The molecule has 0 aliphatic carbocycles. The zero-order chi connectivity index (χ0) is 10.8. The third kappa shape index (κ3) is 2.43. The number of likely N-dealkylation sites (tertiary alicyclic amines) is 1. The Morgan fingerprint density at radius 2 is 2.07 bits per heavy atom. The van der Waals surface area contributed by atoms with Crippen molar-refractivity contribution in [3.8, 4) is 0 Å². The van der Waals surface area contributed by atoms with Crippen LogP contribution in [-0.4, -0.2) is 52.4 Å². The van der Waals surface area contributed by atoms with Crippen LogP contribution in [0.5, 0.6) is 0 Å². The molecule has 0 bridgehead atoms. The number of hydrogen-bond donors (Lipinski definition) is 3. The first-order valence-electron chi connectivity index (χ1n) is 4.88. The van der Waals surface area contributed by atoms with E-state index in [1.807, 2.05) is 0 Å². The van der Waals surface area contributed by atoms with E-state index in [9.17, 15) is 9.90 Å². The zero-order valence-corrected chi connectivity index (χ0v) is 8.44. The third-order valence-electron chi connectivity index (χ3n) is 2.74. The van der Waals surface area contributed by atoms with Crippen LogP contribution in [0.1, 0.15) is 19.8 Å². The van der Waals surface area contributed by atoms with Gasteiger partial charge in [0.25, 0.3) is 5.91 Å². The molecule has 82 valence electrons. The summed E-state index contributed by atoms with van der Waals surface area (Å²) in [5.74, 6) is -0.274. The number of rotatable bonds is 2. The van der Waals surface area contributed by atoms with Crippen LogP contribution in [0.15, 0.2) is 0 Å². The Labute approximate surface area is 83.5 Å². The van der Waals surface area contributed by atoms with Crippen LogP contribution < -0.4 is 5.73 Å². The third-order valence-corrected chi connectivity index (χ3v) is 2.74. The summed E-state index contributed by atoms with van der Waals surface area (Å²) < 4.78 is 0. The summed E-state index contributed by atoms with van der Waals surface area (Å²) in [7, 11) is 0. The molecule has 1 aliphatic rings. The maximum atomic E-state index is 11.4. The summed E-state index contributed by atoms with van der Waals surface area (Å²) in [4.78, 5) is 12.9. The van der Waals surface area contributed by atoms with Crippen LogP contribution in [0.2, 0.25) is 0 Å². The van der Waals surface area contributed by atoms with Crippen molar-refractivity contribution in [1.82, 2.24) is 4.90 Å². The topological polar surface area (TPSA) is 86.8 Å². The molecule has 1 saturated heterocycles. The average molecular weight is 202 g/mol. The number of aliphatic hydroxyl groups excluding tert-OH is 1. The molecule has 1 amide bonds. The van der Waals surface area contributed by atoms with E-state index in [4.69, 9.17) is 10.8 Å². The molecule has 0 saturated carbocycles. The molecule has 0 aromatic rings. The van der Waals surface area contributed by atoms with Gasteiger partial charge in [0.15, 0.2) is 0 Å². The Morgan fingerprint density at radius 3 is 2.43 bits per heavy atom. The van der Waals surface area contributed by atoms with Crippen molar-refractivity contribution in [3.63, 3.8) is 0 Å². The van der Waals surface area contributed by atoms with E-state index in [0.717, 1.165) is 0 Å². The molecule has 5 nitrogen and oxygen atoms in total. The lowest BCUT2D eigenvalue weighted by molar-refractivity contribution is -0.143. The van der Waals surface area contributed by atoms with E-state index in [1.54, 1.807) is 4.90 Å². The largest absolute Gasteiger partial charge is 0.388 e. The Hall–Kier alpha value is -0.650. The van der Waals surface area contributed by atoms with Crippen LogP contribution in [-0.2, 0) is 4.79 Å². The van der Waals surface area contributed by atoms with Gasteiger partial charge in [0.2, 0.25) is 0 Å². The fourth-order valence-electron chi connectivity index (χ4n) is 1.61. The lowest BCUT2D eigenvalue weighted by atomic mass is 9.91. The second-order valence-corrected chi connectivity index (χ2v) is 3.93. The Bertz CT molecular complexity index is 210. The predicted octanol–water partition coefficient (Wildman–Crippen LogP) is -1.32. The monoisotopic (exact) mass is 202 g/mol. The number of nitrogens with zero attached hydrogens (tertiary/aromatic N) is 1. The normalized spacial score (nSPS) is 23.3. The van der Waals surface area contributed by atoms with E-state index in [0.29, 0.717) is 25.9 Å². The molecule has 5 heteroatoms. The second kappa shape index (κ2) is 4.25. The van der Waals surface area contributed by atoms with Crippen molar-refractivity contribution in [3.05, 3.63) is 0 Å². The fourth-order valence-corrected chi connectivity index (χ4v) is 1.61. The summed E-state index contributed by atoms with van der Waals surface area (Å²) in [6.45, 7) is 2.62. The molecule has 1 rings (SSSR count). The van der Waals surface area contributed by atoms with Crippen LogP contribution >= 0.6 is 0 Å². The highest BCUT2D eigenvalue weighted by atomic mass is 16.3. The summed E-state index contributed by atoms with van der Waals surface area (Å²) in [6.07, 6.45) is 0.0169. The number of carbonyl (C=O) groups is 1. The first kappa shape index (κ1) is 11.4. The molecule has 0 radical (unpaired) electrons.